The number of para-hydroxylation sites is 1. The Morgan fingerprint density at radius 3 is 2.33 bits per heavy atom. The van der Waals surface area contributed by atoms with E-state index >= 15 is 0 Å². The average Bonchev–Trinajstić information content (AvgIpc) is 2.68. The molecule has 1 aromatic heterocycles. The maximum absolute atomic E-state index is 13.4. The number of pyridine rings is 1. The topological polar surface area (TPSA) is 80.3 Å². The van der Waals surface area contributed by atoms with E-state index in [2.05, 4.69) is 15.6 Å². The van der Waals surface area contributed by atoms with Gasteiger partial charge in [-0.05, 0) is 37.3 Å². The first-order valence-corrected chi connectivity index (χ1v) is 9.01. The van der Waals surface area contributed by atoms with Gasteiger partial charge in [-0.2, -0.15) is 13.2 Å². The van der Waals surface area contributed by atoms with Crippen molar-refractivity contribution in [1.82, 2.24) is 4.98 Å². The lowest BCUT2D eigenvalue weighted by molar-refractivity contribution is -0.136. The number of hydrogen-bond acceptors (Lipinski definition) is 5. The number of benzene rings is 2. The van der Waals surface area contributed by atoms with Gasteiger partial charge >= 0.3 is 12.1 Å². The maximum atomic E-state index is 13.4. The molecular formula is C21H18F3N3O3. The van der Waals surface area contributed by atoms with Gasteiger partial charge in [0.1, 0.15) is 5.56 Å². The Bertz CT molecular complexity index is 1100. The molecule has 3 aromatic rings. The number of hydrogen-bond donors (Lipinski definition) is 2. The Hall–Kier alpha value is -3.62. The summed E-state index contributed by atoms with van der Waals surface area (Å²) in [5.41, 5.74) is 0.0264. The third kappa shape index (κ3) is 4.51. The third-order valence-corrected chi connectivity index (χ3v) is 4.17. The highest BCUT2D eigenvalue weighted by Gasteiger charge is 2.34. The molecule has 30 heavy (non-hydrogen) atoms. The zero-order valence-corrected chi connectivity index (χ0v) is 16.1. The molecule has 156 valence electrons. The molecule has 0 unspecified atom stereocenters. The number of amides is 1. The van der Waals surface area contributed by atoms with Crippen molar-refractivity contribution in [3.05, 3.63) is 59.8 Å². The van der Waals surface area contributed by atoms with Crippen LogP contribution < -0.4 is 10.6 Å². The molecular weight excluding hydrogens is 399 g/mol. The van der Waals surface area contributed by atoms with Crippen LogP contribution in [0.4, 0.5) is 30.2 Å². The summed E-state index contributed by atoms with van der Waals surface area (Å²) < 4.78 is 45.3. The molecule has 2 N–H and O–H groups in total. The second-order valence-electron chi connectivity index (χ2n) is 6.35. The van der Waals surface area contributed by atoms with Crippen molar-refractivity contribution < 1.29 is 27.5 Å². The first-order valence-electron chi connectivity index (χ1n) is 9.01. The van der Waals surface area contributed by atoms with Gasteiger partial charge in [0, 0.05) is 29.9 Å². The fourth-order valence-electron chi connectivity index (χ4n) is 2.93. The van der Waals surface area contributed by atoms with E-state index in [4.69, 9.17) is 4.74 Å². The number of ether oxygens (including phenoxy) is 1. The molecule has 0 aliphatic carbocycles. The van der Waals surface area contributed by atoms with Gasteiger partial charge in [0.15, 0.2) is 0 Å². The van der Waals surface area contributed by atoms with Crippen molar-refractivity contribution in [2.45, 2.75) is 20.0 Å². The first-order chi connectivity index (χ1) is 14.2. The van der Waals surface area contributed by atoms with Gasteiger partial charge in [0.25, 0.3) is 0 Å². The zero-order valence-electron chi connectivity index (χ0n) is 16.1. The van der Waals surface area contributed by atoms with Crippen LogP contribution in [0.1, 0.15) is 29.8 Å². The Morgan fingerprint density at radius 1 is 1.07 bits per heavy atom. The van der Waals surface area contributed by atoms with E-state index in [0.717, 1.165) is 12.3 Å². The van der Waals surface area contributed by atoms with Gasteiger partial charge in [-0.1, -0.05) is 12.1 Å². The fraction of sp³-hybridized carbons (Fsp3) is 0.190. The highest BCUT2D eigenvalue weighted by Crippen LogP contribution is 2.38. The molecule has 0 aliphatic heterocycles. The lowest BCUT2D eigenvalue weighted by atomic mass is 10.0. The summed E-state index contributed by atoms with van der Waals surface area (Å²) in [6.07, 6.45) is -3.53. The Morgan fingerprint density at radius 2 is 1.73 bits per heavy atom. The van der Waals surface area contributed by atoms with E-state index < -0.39 is 17.7 Å². The molecule has 3 rings (SSSR count). The van der Waals surface area contributed by atoms with E-state index in [1.165, 1.54) is 19.1 Å². The molecule has 9 heteroatoms. The molecule has 0 aliphatic rings. The number of anilines is 3. The molecule has 0 fully saturated rings. The third-order valence-electron chi connectivity index (χ3n) is 4.17. The van der Waals surface area contributed by atoms with Crippen LogP contribution in [-0.4, -0.2) is 23.5 Å². The van der Waals surface area contributed by atoms with E-state index in [1.807, 2.05) is 0 Å². The molecule has 0 bridgehead atoms. The van der Waals surface area contributed by atoms with E-state index in [-0.39, 0.29) is 34.7 Å². The number of nitrogens with zero attached hydrogens (tertiary/aromatic N) is 1. The van der Waals surface area contributed by atoms with Crippen molar-refractivity contribution in [2.24, 2.45) is 0 Å². The van der Waals surface area contributed by atoms with Gasteiger partial charge in [-0.3, -0.25) is 9.78 Å². The Kier molecular flexibility index (Phi) is 5.91. The van der Waals surface area contributed by atoms with Crippen LogP contribution in [0.15, 0.2) is 48.7 Å². The summed E-state index contributed by atoms with van der Waals surface area (Å²) >= 11 is 0. The minimum atomic E-state index is -4.60. The predicted octanol–water partition coefficient (Wildman–Crippen LogP) is 5.13. The molecule has 2 aromatic carbocycles. The van der Waals surface area contributed by atoms with Crippen molar-refractivity contribution >= 4 is 39.8 Å². The predicted molar refractivity (Wildman–Crippen MR) is 107 cm³/mol. The molecule has 1 heterocycles. The molecule has 0 radical (unpaired) electrons. The van der Waals surface area contributed by atoms with Crippen LogP contribution >= 0.6 is 0 Å². The first kappa shape index (κ1) is 21.1. The van der Waals surface area contributed by atoms with Crippen LogP contribution in [0, 0.1) is 0 Å². The zero-order chi connectivity index (χ0) is 21.9. The maximum Gasteiger partial charge on any atom is 0.418 e. The molecule has 0 saturated carbocycles. The highest BCUT2D eigenvalue weighted by molar-refractivity contribution is 6.06. The lowest BCUT2D eigenvalue weighted by Crippen LogP contribution is -2.11. The molecule has 6 nitrogen and oxygen atoms in total. The van der Waals surface area contributed by atoms with Crippen LogP contribution in [0.25, 0.3) is 10.9 Å². The van der Waals surface area contributed by atoms with E-state index in [0.29, 0.717) is 11.4 Å². The average molecular weight is 417 g/mol. The SMILES string of the molecule is CCOC(=O)c1cnc2c(C(F)(F)F)cccc2c1Nc1ccc(NC(C)=O)cc1. The number of esters is 1. The second kappa shape index (κ2) is 8.40. The van der Waals surface area contributed by atoms with Gasteiger partial charge in [0.05, 0.1) is 23.4 Å². The van der Waals surface area contributed by atoms with Crippen molar-refractivity contribution in [3.63, 3.8) is 0 Å². The summed E-state index contributed by atoms with van der Waals surface area (Å²) in [6.45, 7) is 3.10. The van der Waals surface area contributed by atoms with Crippen molar-refractivity contribution in [3.8, 4) is 0 Å². The smallest absolute Gasteiger partial charge is 0.418 e. The van der Waals surface area contributed by atoms with E-state index in [9.17, 15) is 22.8 Å². The van der Waals surface area contributed by atoms with Crippen molar-refractivity contribution in [1.29, 1.82) is 0 Å². The number of carbonyl (C=O) groups excluding carboxylic acids is 2. The summed E-state index contributed by atoms with van der Waals surface area (Å²) in [6, 6.07) is 10.1. The highest BCUT2D eigenvalue weighted by atomic mass is 19.4. The fourth-order valence-corrected chi connectivity index (χ4v) is 2.93. The van der Waals surface area contributed by atoms with E-state index in [1.54, 1.807) is 31.2 Å². The lowest BCUT2D eigenvalue weighted by Gasteiger charge is -2.16. The standard InChI is InChI=1S/C21H18F3N3O3/c1-3-30-20(29)16-11-25-19-15(5-4-6-17(19)21(22,23)24)18(16)27-14-9-7-13(8-10-14)26-12(2)28/h4-11H,3H2,1-2H3,(H,25,27)(H,26,28). The molecule has 0 atom stereocenters. The number of alkyl halides is 3. The number of halogens is 3. The monoisotopic (exact) mass is 417 g/mol. The molecule has 0 spiro atoms. The second-order valence-corrected chi connectivity index (χ2v) is 6.35. The minimum absolute atomic E-state index is 0.00890. The van der Waals surface area contributed by atoms with Crippen LogP contribution in [-0.2, 0) is 15.7 Å². The minimum Gasteiger partial charge on any atom is -0.462 e. The van der Waals surface area contributed by atoms with Crippen LogP contribution in [0.3, 0.4) is 0 Å². The normalized spacial score (nSPS) is 11.2. The summed E-state index contributed by atoms with van der Waals surface area (Å²) in [4.78, 5) is 27.4. The van der Waals surface area contributed by atoms with Crippen molar-refractivity contribution in [2.75, 3.05) is 17.2 Å². The summed E-state index contributed by atoms with van der Waals surface area (Å²) in [7, 11) is 0. The van der Waals surface area contributed by atoms with Gasteiger partial charge in [0.2, 0.25) is 5.91 Å². The van der Waals surface area contributed by atoms with Gasteiger partial charge in [-0.15, -0.1) is 0 Å². The summed E-state index contributed by atoms with van der Waals surface area (Å²) in [5.74, 6) is -0.943. The Balaban J connectivity index is 2.12. The quantitative estimate of drug-likeness (QED) is 0.563. The number of rotatable bonds is 5. The number of nitrogens with one attached hydrogen (secondary N) is 2. The van der Waals surface area contributed by atoms with Gasteiger partial charge < -0.3 is 15.4 Å². The van der Waals surface area contributed by atoms with Crippen LogP contribution in [0.5, 0.6) is 0 Å². The number of aromatic nitrogens is 1. The largest absolute Gasteiger partial charge is 0.462 e. The Labute approximate surface area is 170 Å². The molecule has 1 amide bonds. The number of fused-ring (bicyclic) bond motifs is 1. The van der Waals surface area contributed by atoms with Gasteiger partial charge in [-0.25, -0.2) is 4.79 Å². The number of carbonyl (C=O) groups is 2. The van der Waals surface area contributed by atoms with Crippen LogP contribution in [0.2, 0.25) is 0 Å². The molecule has 0 saturated heterocycles. The summed E-state index contributed by atoms with van der Waals surface area (Å²) in [5, 5.41) is 5.74.